The first-order valence-corrected chi connectivity index (χ1v) is 13.6. The van der Waals surface area contributed by atoms with Crippen molar-refractivity contribution >= 4 is 5.78 Å². The number of ether oxygens (including phenoxy) is 3. The van der Waals surface area contributed by atoms with Crippen LogP contribution in [0.4, 0.5) is 0 Å². The third-order valence-corrected chi connectivity index (χ3v) is 7.57. The van der Waals surface area contributed by atoms with Gasteiger partial charge in [0.2, 0.25) is 0 Å². The van der Waals surface area contributed by atoms with E-state index < -0.39 is 6.10 Å². The monoisotopic (exact) mass is 509 g/mol. The number of aliphatic hydroxyl groups is 1. The summed E-state index contributed by atoms with van der Waals surface area (Å²) in [6.07, 6.45) is 2.11. The highest BCUT2D eigenvalue weighted by atomic mass is 16.5. The molecule has 2 aromatic rings. The summed E-state index contributed by atoms with van der Waals surface area (Å²) in [7, 11) is 1.63. The number of Topliss-reactive ketones (excluding diaryl/α,β-unsaturated/α-hetero) is 1. The Kier molecular flexibility index (Phi) is 8.32. The summed E-state index contributed by atoms with van der Waals surface area (Å²) in [5.41, 5.74) is 2.43. The molecule has 2 aliphatic heterocycles. The van der Waals surface area contributed by atoms with Crippen LogP contribution in [-0.4, -0.2) is 60.3 Å². The standard InChI is InChI=1S/C31H43NO5/c1-21(2)36-29-19-31(37-27-10-8-7-9-24(27)29)13-15-32(16-14-31)20-23(33)18-26(34)22-11-12-25(30(3,4)5)28(17-22)35-6/h7-12,17,21,23,29,33H,13-16,18-20H2,1-6H3. The summed E-state index contributed by atoms with van der Waals surface area (Å²) in [6.45, 7) is 12.6. The van der Waals surface area contributed by atoms with Crippen LogP contribution in [0.1, 0.15) is 87.9 Å². The summed E-state index contributed by atoms with van der Waals surface area (Å²) in [5.74, 6) is 1.56. The van der Waals surface area contributed by atoms with E-state index in [1.54, 1.807) is 13.2 Å². The van der Waals surface area contributed by atoms with Crippen molar-refractivity contribution in [1.82, 2.24) is 4.90 Å². The minimum absolute atomic E-state index is 0.0291. The molecule has 0 amide bonds. The Morgan fingerprint density at radius 1 is 1.16 bits per heavy atom. The van der Waals surface area contributed by atoms with Gasteiger partial charge in [-0.2, -0.15) is 0 Å². The van der Waals surface area contributed by atoms with Gasteiger partial charge in [-0.25, -0.2) is 0 Å². The molecule has 2 unspecified atom stereocenters. The van der Waals surface area contributed by atoms with Crippen molar-refractivity contribution in [2.24, 2.45) is 0 Å². The van der Waals surface area contributed by atoms with Crippen molar-refractivity contribution in [1.29, 1.82) is 0 Å². The molecule has 0 radical (unpaired) electrons. The van der Waals surface area contributed by atoms with Gasteiger partial charge in [-0.3, -0.25) is 4.79 Å². The van der Waals surface area contributed by atoms with Crippen LogP contribution in [0.25, 0.3) is 0 Å². The molecule has 2 aliphatic rings. The van der Waals surface area contributed by atoms with Gasteiger partial charge in [0.15, 0.2) is 5.78 Å². The van der Waals surface area contributed by atoms with E-state index >= 15 is 0 Å². The van der Waals surface area contributed by atoms with Gasteiger partial charge >= 0.3 is 0 Å². The zero-order valence-electron chi connectivity index (χ0n) is 23.3. The molecule has 2 aromatic carbocycles. The number of carbonyl (C=O) groups is 1. The van der Waals surface area contributed by atoms with Crippen LogP contribution >= 0.6 is 0 Å². The highest BCUT2D eigenvalue weighted by Crippen LogP contribution is 2.46. The van der Waals surface area contributed by atoms with Crippen LogP contribution in [-0.2, 0) is 10.2 Å². The second-order valence-electron chi connectivity index (χ2n) is 11.9. The van der Waals surface area contributed by atoms with Gasteiger partial charge in [-0.05, 0) is 49.8 Å². The second-order valence-corrected chi connectivity index (χ2v) is 11.9. The minimum Gasteiger partial charge on any atom is -0.496 e. The largest absolute Gasteiger partial charge is 0.496 e. The highest BCUT2D eigenvalue weighted by molar-refractivity contribution is 5.96. The number of hydrogen-bond acceptors (Lipinski definition) is 6. The molecule has 0 aliphatic carbocycles. The van der Waals surface area contributed by atoms with Crippen LogP contribution < -0.4 is 9.47 Å². The van der Waals surface area contributed by atoms with Gasteiger partial charge in [0.1, 0.15) is 17.1 Å². The third kappa shape index (κ3) is 6.54. The number of nitrogens with zero attached hydrogens (tertiary/aromatic N) is 1. The molecular formula is C31H43NO5. The van der Waals surface area contributed by atoms with E-state index in [1.165, 1.54) is 0 Å². The molecule has 0 aromatic heterocycles. The predicted molar refractivity (Wildman–Crippen MR) is 146 cm³/mol. The smallest absolute Gasteiger partial charge is 0.165 e. The highest BCUT2D eigenvalue weighted by Gasteiger charge is 2.44. The lowest BCUT2D eigenvalue weighted by Crippen LogP contribution is -2.52. The van der Waals surface area contributed by atoms with Crippen molar-refractivity contribution in [2.75, 3.05) is 26.7 Å². The van der Waals surface area contributed by atoms with E-state index in [0.29, 0.717) is 17.9 Å². The van der Waals surface area contributed by atoms with E-state index in [9.17, 15) is 9.90 Å². The number of aliphatic hydroxyl groups excluding tert-OH is 1. The van der Waals surface area contributed by atoms with Gasteiger partial charge < -0.3 is 24.2 Å². The van der Waals surface area contributed by atoms with Crippen LogP contribution in [0.15, 0.2) is 42.5 Å². The molecular weight excluding hydrogens is 466 g/mol. The molecule has 1 saturated heterocycles. The lowest BCUT2D eigenvalue weighted by molar-refractivity contribution is -0.0922. The van der Waals surface area contributed by atoms with Gasteiger partial charge in [-0.1, -0.05) is 51.1 Å². The fraction of sp³-hybridized carbons (Fsp3) is 0.581. The Morgan fingerprint density at radius 3 is 2.51 bits per heavy atom. The van der Waals surface area contributed by atoms with E-state index in [2.05, 4.69) is 45.6 Å². The number of hydrogen-bond donors (Lipinski definition) is 1. The summed E-state index contributed by atoms with van der Waals surface area (Å²) in [6, 6.07) is 13.8. The fourth-order valence-corrected chi connectivity index (χ4v) is 5.64. The zero-order chi connectivity index (χ0) is 26.8. The Balaban J connectivity index is 1.34. The molecule has 2 atom stereocenters. The lowest BCUT2D eigenvalue weighted by Gasteiger charge is -2.47. The molecule has 6 heteroatoms. The van der Waals surface area contributed by atoms with Crippen molar-refractivity contribution in [3.8, 4) is 11.5 Å². The second kappa shape index (κ2) is 11.1. The molecule has 1 fully saturated rings. The van der Waals surface area contributed by atoms with Crippen molar-refractivity contribution in [3.63, 3.8) is 0 Å². The Labute approximate surface area is 221 Å². The van der Waals surface area contributed by atoms with E-state index in [-0.39, 0.29) is 35.4 Å². The van der Waals surface area contributed by atoms with Crippen molar-refractivity contribution in [2.45, 2.75) is 89.6 Å². The van der Waals surface area contributed by atoms with Gasteiger partial charge in [0.05, 0.1) is 25.4 Å². The van der Waals surface area contributed by atoms with Crippen LogP contribution in [0.5, 0.6) is 11.5 Å². The van der Waals surface area contributed by atoms with E-state index in [4.69, 9.17) is 14.2 Å². The Morgan fingerprint density at radius 2 is 1.86 bits per heavy atom. The first kappa shape index (κ1) is 27.6. The molecule has 2 heterocycles. The fourth-order valence-electron chi connectivity index (χ4n) is 5.64. The summed E-state index contributed by atoms with van der Waals surface area (Å²) in [4.78, 5) is 15.2. The SMILES string of the molecule is COc1cc(C(=O)CC(O)CN2CCC3(CC2)CC(OC(C)C)c2ccccc2O3)ccc1C(C)(C)C. The number of ketones is 1. The molecule has 4 rings (SSSR count). The summed E-state index contributed by atoms with van der Waals surface area (Å²) in [5, 5.41) is 10.8. The molecule has 202 valence electrons. The number of para-hydroxylation sites is 1. The number of methoxy groups -OCH3 is 1. The number of likely N-dealkylation sites (tertiary alicyclic amines) is 1. The molecule has 1 N–H and O–H groups in total. The molecule has 0 saturated carbocycles. The number of rotatable bonds is 8. The normalized spacial score (nSPS) is 20.4. The lowest BCUT2D eigenvalue weighted by atomic mass is 9.81. The molecule has 37 heavy (non-hydrogen) atoms. The quantitative estimate of drug-likeness (QED) is 0.460. The van der Waals surface area contributed by atoms with Gasteiger partial charge in [0.25, 0.3) is 0 Å². The van der Waals surface area contributed by atoms with Crippen LogP contribution in [0.2, 0.25) is 0 Å². The number of piperidine rings is 1. The Bertz CT molecular complexity index is 1080. The van der Waals surface area contributed by atoms with Crippen LogP contribution in [0.3, 0.4) is 0 Å². The summed E-state index contributed by atoms with van der Waals surface area (Å²) >= 11 is 0. The Hall–Kier alpha value is -2.41. The maximum atomic E-state index is 12.9. The molecule has 6 nitrogen and oxygen atoms in total. The number of β-amino-alcohol motifs (C(OH)–C–C–N with tert-alkyl or cyclic N) is 1. The average molecular weight is 510 g/mol. The third-order valence-electron chi connectivity index (χ3n) is 7.57. The van der Waals surface area contributed by atoms with Crippen molar-refractivity contribution in [3.05, 3.63) is 59.2 Å². The minimum atomic E-state index is -0.722. The topological polar surface area (TPSA) is 68.2 Å². The number of benzene rings is 2. The average Bonchev–Trinajstić information content (AvgIpc) is 2.84. The zero-order valence-corrected chi connectivity index (χ0v) is 23.3. The molecule has 0 bridgehead atoms. The van der Waals surface area contributed by atoms with Crippen LogP contribution in [0, 0.1) is 0 Å². The molecule has 1 spiro atoms. The van der Waals surface area contributed by atoms with Gasteiger partial charge in [-0.15, -0.1) is 0 Å². The predicted octanol–water partition coefficient (Wildman–Crippen LogP) is 5.71. The maximum absolute atomic E-state index is 12.9. The number of carbonyl (C=O) groups excluding carboxylic acids is 1. The van der Waals surface area contributed by atoms with Crippen molar-refractivity contribution < 1.29 is 24.1 Å². The number of fused-ring (bicyclic) bond motifs is 1. The summed E-state index contributed by atoms with van der Waals surface area (Å²) < 4.78 is 18.4. The first-order chi connectivity index (χ1) is 17.5. The van der Waals surface area contributed by atoms with Gasteiger partial charge in [0, 0.05) is 43.6 Å². The maximum Gasteiger partial charge on any atom is 0.165 e. The van der Waals surface area contributed by atoms with E-state index in [1.807, 2.05) is 30.3 Å². The van der Waals surface area contributed by atoms with E-state index in [0.717, 1.165) is 49.2 Å². The first-order valence-electron chi connectivity index (χ1n) is 13.6.